The van der Waals surface area contributed by atoms with Crippen LogP contribution in [0.4, 0.5) is 5.69 Å². The summed E-state index contributed by atoms with van der Waals surface area (Å²) in [6.07, 6.45) is 0.674. The minimum absolute atomic E-state index is 0. The molecule has 4 nitrogen and oxygen atoms in total. The van der Waals surface area contributed by atoms with Crippen molar-refractivity contribution >= 4 is 46.4 Å². The number of carbonyl (C=O) groups excluding carboxylic acids is 1. The van der Waals surface area contributed by atoms with E-state index in [1.54, 1.807) is 6.07 Å². The molecule has 0 unspecified atom stereocenters. The van der Waals surface area contributed by atoms with Gasteiger partial charge >= 0.3 is 0 Å². The fourth-order valence-corrected chi connectivity index (χ4v) is 4.44. The summed E-state index contributed by atoms with van der Waals surface area (Å²) in [6, 6.07) is 12.7. The fourth-order valence-electron chi connectivity index (χ4n) is 3.80. The van der Waals surface area contributed by atoms with E-state index in [0.717, 1.165) is 11.3 Å². The Morgan fingerprint density at radius 3 is 2.30 bits per heavy atom. The molecule has 1 aliphatic heterocycles. The molecule has 164 valence electrons. The Hall–Kier alpha value is -1.46. The zero-order valence-electron chi connectivity index (χ0n) is 16.6. The van der Waals surface area contributed by atoms with Crippen LogP contribution >= 0.6 is 34.8 Å². The number of nitrogens with two attached hydrogens (primary N) is 1. The summed E-state index contributed by atoms with van der Waals surface area (Å²) in [5.41, 5.74) is 8.14. The Balaban J connectivity index is 0.00000320. The van der Waals surface area contributed by atoms with Gasteiger partial charge in [-0.3, -0.25) is 4.79 Å². The lowest BCUT2D eigenvalue weighted by molar-refractivity contribution is -0.133. The van der Waals surface area contributed by atoms with Crippen molar-refractivity contribution in [3.8, 4) is 0 Å². The molecule has 7 heteroatoms. The van der Waals surface area contributed by atoms with Gasteiger partial charge in [-0.15, -0.1) is 0 Å². The molecule has 1 saturated heterocycles. The molecular weight excluding hydrogens is 441 g/mol. The van der Waals surface area contributed by atoms with E-state index in [2.05, 4.69) is 18.7 Å². The minimum atomic E-state index is -0.480. The third-order valence-electron chi connectivity index (χ3n) is 5.21. The van der Waals surface area contributed by atoms with Crippen molar-refractivity contribution in [3.63, 3.8) is 0 Å². The summed E-state index contributed by atoms with van der Waals surface area (Å²) >= 11 is 18.7. The van der Waals surface area contributed by atoms with Crippen LogP contribution in [0.5, 0.6) is 0 Å². The maximum atomic E-state index is 12.9. The van der Waals surface area contributed by atoms with E-state index in [1.807, 2.05) is 41.3 Å². The van der Waals surface area contributed by atoms with Crippen LogP contribution in [-0.4, -0.2) is 36.5 Å². The molecule has 1 fully saturated rings. The second-order valence-electron chi connectivity index (χ2n) is 7.88. The average molecular weight is 471 g/mol. The predicted molar refractivity (Wildman–Crippen MR) is 129 cm³/mol. The highest BCUT2D eigenvalue weighted by Gasteiger charge is 2.33. The Kier molecular flexibility index (Phi) is 8.86. The third kappa shape index (κ3) is 5.82. The average Bonchev–Trinajstić information content (AvgIpc) is 2.67. The van der Waals surface area contributed by atoms with Crippen LogP contribution in [0.25, 0.3) is 0 Å². The summed E-state index contributed by atoms with van der Waals surface area (Å²) in [5, 5.41) is 1.86. The summed E-state index contributed by atoms with van der Waals surface area (Å²) in [7, 11) is 0. The molecule has 0 saturated carbocycles. The van der Waals surface area contributed by atoms with Crippen LogP contribution in [-0.2, 0) is 4.79 Å². The molecule has 0 radical (unpaired) electrons. The number of amides is 1. The quantitative estimate of drug-likeness (QED) is 0.579. The zero-order valence-corrected chi connectivity index (χ0v) is 18.9. The number of carbonyl (C=O) groups is 1. The number of rotatable bonds is 5. The maximum absolute atomic E-state index is 12.9. The number of nitrogens with zero attached hydrogens (tertiary/aromatic N) is 2. The molecule has 3 rings (SSSR count). The van der Waals surface area contributed by atoms with Crippen LogP contribution in [0.1, 0.15) is 39.3 Å². The van der Waals surface area contributed by atoms with Gasteiger partial charge in [-0.05, 0) is 48.2 Å². The highest BCUT2D eigenvalue weighted by Crippen LogP contribution is 2.37. The van der Waals surface area contributed by atoms with Gasteiger partial charge in [0.05, 0.1) is 22.8 Å². The number of piperazine rings is 1. The van der Waals surface area contributed by atoms with E-state index < -0.39 is 6.04 Å². The molecule has 1 heterocycles. The normalized spacial score (nSPS) is 17.6. The number of hydrogen-bond donors (Lipinski definition) is 1. The van der Waals surface area contributed by atoms with Crippen molar-refractivity contribution in [2.45, 2.75) is 39.8 Å². The lowest BCUT2D eigenvalue weighted by Gasteiger charge is -2.44. The van der Waals surface area contributed by atoms with Gasteiger partial charge in [0.15, 0.2) is 0 Å². The summed E-state index contributed by atoms with van der Waals surface area (Å²) in [4.78, 5) is 17.0. The Morgan fingerprint density at radius 1 is 1.07 bits per heavy atom. The Morgan fingerprint density at radius 2 is 1.70 bits per heavy atom. The topological polar surface area (TPSA) is 49.6 Å². The molecule has 0 aliphatic carbocycles. The maximum Gasteiger partial charge on any atom is 0.239 e. The summed E-state index contributed by atoms with van der Waals surface area (Å²) in [6.45, 7) is 5.92. The van der Waals surface area contributed by atoms with Crippen LogP contribution in [0.15, 0.2) is 42.5 Å². The molecular formula is C23H30Cl3N3O. The number of halogens is 3. The predicted octanol–water partition coefficient (Wildman–Crippen LogP) is 6.05. The van der Waals surface area contributed by atoms with Gasteiger partial charge in [0.25, 0.3) is 0 Å². The summed E-state index contributed by atoms with van der Waals surface area (Å²) < 4.78 is 0. The first-order valence-electron chi connectivity index (χ1n) is 9.77. The van der Waals surface area contributed by atoms with Gasteiger partial charge in [0.2, 0.25) is 5.91 Å². The highest BCUT2D eigenvalue weighted by molar-refractivity contribution is 6.36. The van der Waals surface area contributed by atoms with E-state index in [1.165, 1.54) is 0 Å². The Bertz CT molecular complexity index is 857. The van der Waals surface area contributed by atoms with Crippen molar-refractivity contribution in [1.82, 2.24) is 4.90 Å². The lowest BCUT2D eigenvalue weighted by atomic mass is 9.99. The molecule has 1 amide bonds. The first-order chi connectivity index (χ1) is 13.8. The molecule has 30 heavy (non-hydrogen) atoms. The van der Waals surface area contributed by atoms with Gasteiger partial charge in [-0.25, -0.2) is 0 Å². The summed E-state index contributed by atoms with van der Waals surface area (Å²) in [5.74, 6) is 0.370. The Labute approximate surface area is 194 Å². The number of anilines is 1. The van der Waals surface area contributed by atoms with Crippen LogP contribution in [0, 0.1) is 5.92 Å². The minimum Gasteiger partial charge on any atom is -0.360 e. The monoisotopic (exact) mass is 469 g/mol. The standard InChI is InChI=1S/C22H26Cl3N3O.CH4/c1-14(2)11-19(26)22(29)27-9-10-28(20-8-7-17(24)12-18(20)25)21(13-27)15-3-5-16(23)6-4-15;/h3-8,12,14,19,21H,9-11,13,26H2,1-2H3;1H4/t19-,21+;/m1./s1. The van der Waals surface area contributed by atoms with Gasteiger partial charge in [-0.1, -0.05) is 68.2 Å². The molecule has 0 spiro atoms. The highest BCUT2D eigenvalue weighted by atomic mass is 35.5. The first-order valence-corrected chi connectivity index (χ1v) is 10.9. The molecule has 0 bridgehead atoms. The molecule has 0 aromatic heterocycles. The molecule has 2 N–H and O–H groups in total. The second kappa shape index (κ2) is 10.7. The molecule has 2 atom stereocenters. The molecule has 1 aliphatic rings. The van der Waals surface area contributed by atoms with Crippen LogP contribution in [0.3, 0.4) is 0 Å². The van der Waals surface area contributed by atoms with Gasteiger partial charge in [0, 0.05) is 29.7 Å². The molecule has 2 aromatic carbocycles. The largest absolute Gasteiger partial charge is 0.360 e. The number of benzene rings is 2. The van der Waals surface area contributed by atoms with Crippen molar-refractivity contribution in [1.29, 1.82) is 0 Å². The van der Waals surface area contributed by atoms with Crippen LogP contribution < -0.4 is 10.6 Å². The fraction of sp³-hybridized carbons (Fsp3) is 0.435. The van der Waals surface area contributed by atoms with Crippen molar-refractivity contribution in [3.05, 3.63) is 63.1 Å². The van der Waals surface area contributed by atoms with Crippen molar-refractivity contribution in [2.75, 3.05) is 24.5 Å². The van der Waals surface area contributed by atoms with E-state index in [4.69, 9.17) is 40.5 Å². The molecule has 2 aromatic rings. The smallest absolute Gasteiger partial charge is 0.239 e. The van der Waals surface area contributed by atoms with Crippen molar-refractivity contribution < 1.29 is 4.79 Å². The third-order valence-corrected chi connectivity index (χ3v) is 6.00. The van der Waals surface area contributed by atoms with Crippen LogP contribution in [0.2, 0.25) is 15.1 Å². The van der Waals surface area contributed by atoms with Gasteiger partial charge in [-0.2, -0.15) is 0 Å². The SMILES string of the molecule is C.CC(C)C[C@@H](N)C(=O)N1CCN(c2ccc(Cl)cc2Cl)[C@H](c2ccc(Cl)cc2)C1. The van der Waals surface area contributed by atoms with Gasteiger partial charge < -0.3 is 15.5 Å². The van der Waals surface area contributed by atoms with E-state index >= 15 is 0 Å². The second-order valence-corrected chi connectivity index (χ2v) is 9.16. The van der Waals surface area contributed by atoms with E-state index in [0.29, 0.717) is 47.0 Å². The van der Waals surface area contributed by atoms with E-state index in [-0.39, 0.29) is 19.4 Å². The zero-order chi connectivity index (χ0) is 21.1. The van der Waals surface area contributed by atoms with Gasteiger partial charge in [0.1, 0.15) is 0 Å². The number of hydrogen-bond acceptors (Lipinski definition) is 3. The van der Waals surface area contributed by atoms with Crippen molar-refractivity contribution in [2.24, 2.45) is 11.7 Å². The lowest BCUT2D eigenvalue weighted by Crippen LogP contribution is -2.54. The first kappa shape index (κ1) is 24.8. The van der Waals surface area contributed by atoms with E-state index in [9.17, 15) is 4.79 Å².